The monoisotopic (exact) mass is 382 g/mol. The van der Waals surface area contributed by atoms with Gasteiger partial charge in [0.2, 0.25) is 5.91 Å². The Labute approximate surface area is 165 Å². The summed E-state index contributed by atoms with van der Waals surface area (Å²) in [6.07, 6.45) is 1.58. The molecule has 148 valence electrons. The predicted molar refractivity (Wildman–Crippen MR) is 107 cm³/mol. The third-order valence-corrected chi connectivity index (χ3v) is 5.63. The minimum atomic E-state index is -0.367. The van der Waals surface area contributed by atoms with Crippen molar-refractivity contribution < 1.29 is 9.18 Å². The summed E-state index contributed by atoms with van der Waals surface area (Å²) in [7, 11) is 0. The number of nitrogens with zero attached hydrogens (tertiary/aromatic N) is 1. The van der Waals surface area contributed by atoms with Crippen LogP contribution in [0.1, 0.15) is 36.1 Å². The maximum Gasteiger partial charge on any atom is 0.238 e. The van der Waals surface area contributed by atoms with E-state index in [2.05, 4.69) is 45.3 Å². The summed E-state index contributed by atoms with van der Waals surface area (Å²) >= 11 is 0. The Morgan fingerprint density at radius 3 is 2.75 bits per heavy atom. The van der Waals surface area contributed by atoms with E-state index in [0.29, 0.717) is 12.0 Å². The van der Waals surface area contributed by atoms with Crippen molar-refractivity contribution >= 4 is 5.91 Å². The normalized spacial score (nSPS) is 23.2. The molecule has 6 heteroatoms. The van der Waals surface area contributed by atoms with E-state index in [4.69, 9.17) is 0 Å². The van der Waals surface area contributed by atoms with Crippen molar-refractivity contribution in [2.45, 2.75) is 44.4 Å². The van der Waals surface area contributed by atoms with Gasteiger partial charge in [-0.05, 0) is 37.0 Å². The summed E-state index contributed by atoms with van der Waals surface area (Å²) in [6.45, 7) is 4.79. The molecule has 0 spiro atoms. The second-order valence-electron chi connectivity index (χ2n) is 7.81. The summed E-state index contributed by atoms with van der Waals surface area (Å²) in [6, 6.07) is 14.7. The van der Waals surface area contributed by atoms with Crippen molar-refractivity contribution in [3.05, 3.63) is 71.0 Å². The van der Waals surface area contributed by atoms with Crippen molar-refractivity contribution in [1.82, 2.24) is 21.1 Å². The molecule has 2 heterocycles. The second kappa shape index (κ2) is 8.39. The Morgan fingerprint density at radius 1 is 1.18 bits per heavy atom. The first-order chi connectivity index (χ1) is 13.6. The molecule has 0 radical (unpaired) electrons. The van der Waals surface area contributed by atoms with E-state index in [1.165, 1.54) is 17.2 Å². The van der Waals surface area contributed by atoms with Gasteiger partial charge < -0.3 is 5.32 Å². The molecule has 2 aliphatic rings. The Morgan fingerprint density at radius 2 is 1.93 bits per heavy atom. The van der Waals surface area contributed by atoms with Gasteiger partial charge in [0.25, 0.3) is 0 Å². The number of amides is 1. The van der Waals surface area contributed by atoms with E-state index in [9.17, 15) is 9.18 Å². The number of hydrogen-bond donors (Lipinski definition) is 3. The first-order valence-electron chi connectivity index (χ1n) is 9.95. The van der Waals surface area contributed by atoms with Crippen LogP contribution in [-0.2, 0) is 17.8 Å². The van der Waals surface area contributed by atoms with Gasteiger partial charge in [-0.1, -0.05) is 42.5 Å². The van der Waals surface area contributed by atoms with Crippen molar-refractivity contribution in [2.24, 2.45) is 0 Å². The minimum Gasteiger partial charge on any atom is -0.351 e. The largest absolute Gasteiger partial charge is 0.351 e. The van der Waals surface area contributed by atoms with Crippen LogP contribution in [0.2, 0.25) is 0 Å². The summed E-state index contributed by atoms with van der Waals surface area (Å²) < 4.78 is 14.0. The zero-order valence-electron chi connectivity index (χ0n) is 16.1. The molecule has 1 fully saturated rings. The lowest BCUT2D eigenvalue weighted by Crippen LogP contribution is -2.49. The number of nitrogens with one attached hydrogen (secondary N) is 3. The second-order valence-corrected chi connectivity index (χ2v) is 7.81. The molecular formula is C22H27FN4O. The molecule has 5 nitrogen and oxygen atoms in total. The molecule has 28 heavy (non-hydrogen) atoms. The van der Waals surface area contributed by atoms with Gasteiger partial charge in [0.15, 0.2) is 0 Å². The molecular weight excluding hydrogens is 355 g/mol. The fraction of sp³-hybridized carbons (Fsp3) is 0.409. The van der Waals surface area contributed by atoms with Gasteiger partial charge >= 0.3 is 0 Å². The van der Waals surface area contributed by atoms with Crippen LogP contribution in [0.25, 0.3) is 0 Å². The van der Waals surface area contributed by atoms with Crippen LogP contribution in [0.4, 0.5) is 4.39 Å². The zero-order chi connectivity index (χ0) is 19.5. The van der Waals surface area contributed by atoms with Crippen molar-refractivity contribution in [2.75, 3.05) is 13.1 Å². The summed E-state index contributed by atoms with van der Waals surface area (Å²) in [4.78, 5) is 15.0. The highest BCUT2D eigenvalue weighted by atomic mass is 19.1. The molecule has 0 bridgehead atoms. The lowest BCUT2D eigenvalue weighted by atomic mass is 9.99. The molecule has 2 aliphatic heterocycles. The van der Waals surface area contributed by atoms with Crippen LogP contribution in [0.5, 0.6) is 0 Å². The SMILES string of the molecule is CC(CN1CCc2ccccc2C1)NC(=O)C1CC(c2ccccc2F)NN1. The fourth-order valence-electron chi connectivity index (χ4n) is 4.18. The predicted octanol–water partition coefficient (Wildman–Crippen LogP) is 2.30. The molecule has 0 saturated carbocycles. The van der Waals surface area contributed by atoms with Gasteiger partial charge in [-0.2, -0.15) is 0 Å². The number of benzene rings is 2. The Hall–Kier alpha value is -2.28. The standard InChI is InChI=1S/C22H27FN4O/c1-15(13-27-11-10-16-6-2-3-7-17(16)14-27)24-22(28)21-12-20(25-26-21)18-8-4-5-9-19(18)23/h2-9,15,20-21,25-26H,10-14H2,1H3,(H,24,28). The van der Waals surface area contributed by atoms with E-state index >= 15 is 0 Å². The smallest absolute Gasteiger partial charge is 0.238 e. The van der Waals surface area contributed by atoms with Gasteiger partial charge in [0, 0.05) is 31.2 Å². The molecule has 0 aromatic heterocycles. The average molecular weight is 382 g/mol. The summed E-state index contributed by atoms with van der Waals surface area (Å²) in [5.74, 6) is -0.294. The molecule has 3 N–H and O–H groups in total. The van der Waals surface area contributed by atoms with E-state index < -0.39 is 0 Å². The number of carbonyl (C=O) groups excluding carboxylic acids is 1. The van der Waals surface area contributed by atoms with Crippen LogP contribution in [0, 0.1) is 5.82 Å². The zero-order valence-corrected chi connectivity index (χ0v) is 16.1. The topological polar surface area (TPSA) is 56.4 Å². The highest BCUT2D eigenvalue weighted by Crippen LogP contribution is 2.24. The van der Waals surface area contributed by atoms with Crippen LogP contribution >= 0.6 is 0 Å². The van der Waals surface area contributed by atoms with Crippen LogP contribution in [0.3, 0.4) is 0 Å². The Bertz CT molecular complexity index is 843. The van der Waals surface area contributed by atoms with Gasteiger partial charge in [0.05, 0.1) is 6.04 Å². The first kappa shape index (κ1) is 19.1. The lowest BCUT2D eigenvalue weighted by molar-refractivity contribution is -0.123. The lowest BCUT2D eigenvalue weighted by Gasteiger charge is -2.31. The molecule has 2 aromatic carbocycles. The number of rotatable bonds is 5. The quantitative estimate of drug-likeness (QED) is 0.743. The van der Waals surface area contributed by atoms with E-state index in [1.807, 2.05) is 13.0 Å². The van der Waals surface area contributed by atoms with Crippen LogP contribution in [0.15, 0.2) is 48.5 Å². The molecule has 1 saturated heterocycles. The molecule has 2 aromatic rings. The Kier molecular flexibility index (Phi) is 5.71. The van der Waals surface area contributed by atoms with Crippen molar-refractivity contribution in [3.8, 4) is 0 Å². The maximum absolute atomic E-state index is 14.0. The van der Waals surface area contributed by atoms with Crippen LogP contribution in [-0.4, -0.2) is 36.0 Å². The van der Waals surface area contributed by atoms with E-state index in [1.54, 1.807) is 12.1 Å². The molecule has 0 aliphatic carbocycles. The number of fused-ring (bicyclic) bond motifs is 1. The third kappa shape index (κ3) is 4.24. The Balaban J connectivity index is 1.28. The van der Waals surface area contributed by atoms with Gasteiger partial charge in [-0.3, -0.25) is 9.69 Å². The van der Waals surface area contributed by atoms with Crippen LogP contribution < -0.4 is 16.2 Å². The summed E-state index contributed by atoms with van der Waals surface area (Å²) in [5, 5.41) is 3.10. The van der Waals surface area contributed by atoms with Crippen molar-refractivity contribution in [3.63, 3.8) is 0 Å². The molecule has 1 amide bonds. The maximum atomic E-state index is 14.0. The van der Waals surface area contributed by atoms with E-state index in [-0.39, 0.29) is 29.8 Å². The highest BCUT2D eigenvalue weighted by molar-refractivity contribution is 5.82. The number of halogens is 1. The average Bonchev–Trinajstić information content (AvgIpc) is 3.18. The first-order valence-corrected chi connectivity index (χ1v) is 9.95. The summed E-state index contributed by atoms with van der Waals surface area (Å²) in [5.41, 5.74) is 9.45. The van der Waals surface area contributed by atoms with Crippen molar-refractivity contribution in [1.29, 1.82) is 0 Å². The minimum absolute atomic E-state index is 0.0451. The fourth-order valence-corrected chi connectivity index (χ4v) is 4.18. The number of hydrogen-bond acceptors (Lipinski definition) is 4. The van der Waals surface area contributed by atoms with E-state index in [0.717, 1.165) is 26.1 Å². The molecule has 4 rings (SSSR count). The third-order valence-electron chi connectivity index (χ3n) is 5.63. The number of carbonyl (C=O) groups is 1. The van der Waals surface area contributed by atoms with Gasteiger partial charge in [-0.15, -0.1) is 0 Å². The highest BCUT2D eigenvalue weighted by Gasteiger charge is 2.32. The molecule has 3 unspecified atom stereocenters. The van der Waals surface area contributed by atoms with Gasteiger partial charge in [0.1, 0.15) is 11.9 Å². The van der Waals surface area contributed by atoms with Gasteiger partial charge in [-0.25, -0.2) is 15.2 Å². The number of hydrazine groups is 1. The molecule has 3 atom stereocenters.